The number of Topliss-reactive ketones (excluding diaryl/α,β-unsaturated/α-hetero) is 1. The van der Waals surface area contributed by atoms with Gasteiger partial charge in [-0.3, -0.25) is 4.79 Å². The maximum atomic E-state index is 12.1. The molecule has 2 bridgehead atoms. The molecule has 3 rings (SSSR count). The van der Waals surface area contributed by atoms with Crippen molar-refractivity contribution >= 4 is 17.5 Å². The molecule has 0 aromatic carbocycles. The van der Waals surface area contributed by atoms with Gasteiger partial charge in [-0.15, -0.1) is 11.8 Å². The van der Waals surface area contributed by atoms with Gasteiger partial charge in [-0.25, -0.2) is 0 Å². The molecule has 0 amide bonds. The van der Waals surface area contributed by atoms with Gasteiger partial charge in [0.15, 0.2) is 17.5 Å². The van der Waals surface area contributed by atoms with E-state index < -0.39 is 28.3 Å². The molecule has 1 fully saturated rings. The summed E-state index contributed by atoms with van der Waals surface area (Å²) in [6.45, 7) is 0. The van der Waals surface area contributed by atoms with E-state index in [1.54, 1.807) is 6.08 Å². The molecule has 0 aromatic heterocycles. The molecule has 1 heterocycles. The molecule has 4 nitrogen and oxygen atoms in total. The number of hydrogen-bond acceptors (Lipinski definition) is 5. The molecule has 0 aromatic rings. The second-order valence-electron chi connectivity index (χ2n) is 4.92. The lowest BCUT2D eigenvalue weighted by molar-refractivity contribution is -0.140. The van der Waals surface area contributed by atoms with Crippen LogP contribution >= 0.6 is 11.8 Å². The van der Waals surface area contributed by atoms with Gasteiger partial charge in [-0.05, 0) is 17.7 Å². The summed E-state index contributed by atoms with van der Waals surface area (Å²) >= 11 is 1.35. The molecule has 1 saturated carbocycles. The molecule has 0 unspecified atom stereocenters. The van der Waals surface area contributed by atoms with Crippen molar-refractivity contribution in [3.8, 4) is 23.7 Å². The summed E-state index contributed by atoms with van der Waals surface area (Å²) in [5, 5.41) is 31.1. The van der Waals surface area contributed by atoms with Gasteiger partial charge >= 0.3 is 0 Å². The van der Waals surface area contributed by atoms with Crippen molar-refractivity contribution in [2.75, 3.05) is 5.75 Å². The van der Waals surface area contributed by atoms with Crippen LogP contribution in [-0.4, -0.2) is 49.4 Å². The number of aliphatic hydroxyl groups excluding tert-OH is 2. The fourth-order valence-corrected chi connectivity index (χ4v) is 4.22. The monoisotopic (exact) mass is 288 g/mol. The Morgan fingerprint density at radius 2 is 2.05 bits per heavy atom. The maximum absolute atomic E-state index is 12.1. The third kappa shape index (κ3) is 1.69. The van der Waals surface area contributed by atoms with Gasteiger partial charge in [0.25, 0.3) is 0 Å². The van der Waals surface area contributed by atoms with Crippen LogP contribution in [0.5, 0.6) is 0 Å². The third-order valence-corrected chi connectivity index (χ3v) is 5.24. The predicted molar refractivity (Wildman–Crippen MR) is 74.6 cm³/mol. The molecule has 4 atom stereocenters. The number of aliphatic hydroxyl groups is 3. The van der Waals surface area contributed by atoms with Gasteiger partial charge in [-0.1, -0.05) is 29.8 Å². The van der Waals surface area contributed by atoms with Crippen molar-refractivity contribution in [2.24, 2.45) is 0 Å². The zero-order chi connectivity index (χ0) is 14.4. The second kappa shape index (κ2) is 4.51. The molecule has 2 aliphatic carbocycles. The fraction of sp³-hybridized carbons (Fsp3) is 0.400. The minimum atomic E-state index is -1.96. The number of thioether (sulfide) groups is 1. The first-order chi connectivity index (χ1) is 9.51. The van der Waals surface area contributed by atoms with E-state index in [0.29, 0.717) is 11.3 Å². The van der Waals surface area contributed by atoms with E-state index in [1.165, 1.54) is 23.9 Å². The lowest BCUT2D eigenvalue weighted by Gasteiger charge is -2.45. The first-order valence-electron chi connectivity index (χ1n) is 6.16. The number of hydrogen-bond donors (Lipinski definition) is 3. The topological polar surface area (TPSA) is 77.8 Å². The molecule has 20 heavy (non-hydrogen) atoms. The van der Waals surface area contributed by atoms with E-state index in [4.69, 9.17) is 0 Å². The van der Waals surface area contributed by atoms with Crippen molar-refractivity contribution in [1.82, 2.24) is 0 Å². The smallest absolute Gasteiger partial charge is 0.182 e. The van der Waals surface area contributed by atoms with E-state index in [-0.39, 0.29) is 6.42 Å². The van der Waals surface area contributed by atoms with Crippen LogP contribution in [0.3, 0.4) is 0 Å². The van der Waals surface area contributed by atoms with Crippen molar-refractivity contribution in [3.05, 3.63) is 23.8 Å². The number of allylic oxidation sites excluding steroid dienone is 2. The van der Waals surface area contributed by atoms with Crippen LogP contribution in [0.25, 0.3) is 0 Å². The number of rotatable bonds is 0. The highest BCUT2D eigenvalue weighted by atomic mass is 32.2. The average Bonchev–Trinajstić information content (AvgIpc) is 2.85. The Morgan fingerprint density at radius 3 is 2.85 bits per heavy atom. The van der Waals surface area contributed by atoms with E-state index in [2.05, 4.69) is 23.7 Å². The van der Waals surface area contributed by atoms with Crippen LogP contribution in [0.2, 0.25) is 0 Å². The standard InChI is InChI=1S/C15H12O4S/c16-10-9-15-11(6-8-20-15)14(19,13(10)18)7-4-2-1-3-5-12(15)17/h1-2,6,12-13,17-19H,8-9H2/b2-1+/t12-,13+,14+,15+/m0/s1. The summed E-state index contributed by atoms with van der Waals surface area (Å²) in [6.07, 6.45) is 1.85. The Balaban J connectivity index is 2.26. The van der Waals surface area contributed by atoms with Crippen LogP contribution in [0.4, 0.5) is 0 Å². The number of carbonyl (C=O) groups excluding carboxylic acids is 1. The van der Waals surface area contributed by atoms with E-state index in [9.17, 15) is 20.1 Å². The van der Waals surface area contributed by atoms with E-state index >= 15 is 0 Å². The predicted octanol–water partition coefficient (Wildman–Crippen LogP) is -0.599. The highest BCUT2D eigenvalue weighted by Crippen LogP contribution is 2.52. The molecule has 0 spiro atoms. The fourth-order valence-electron chi connectivity index (χ4n) is 2.82. The maximum Gasteiger partial charge on any atom is 0.182 e. The van der Waals surface area contributed by atoms with Crippen molar-refractivity contribution < 1.29 is 20.1 Å². The molecule has 0 saturated heterocycles. The summed E-state index contributed by atoms with van der Waals surface area (Å²) in [5.74, 6) is 10.5. The van der Waals surface area contributed by atoms with Crippen LogP contribution in [0.1, 0.15) is 6.42 Å². The highest BCUT2D eigenvalue weighted by molar-refractivity contribution is 8.01. The van der Waals surface area contributed by atoms with Gasteiger partial charge in [0, 0.05) is 12.2 Å². The Hall–Kier alpha value is -1.50. The van der Waals surface area contributed by atoms with Crippen molar-refractivity contribution in [2.45, 2.75) is 29.0 Å². The summed E-state index contributed by atoms with van der Waals surface area (Å²) < 4.78 is -1.02. The van der Waals surface area contributed by atoms with Gasteiger partial charge in [0.1, 0.15) is 6.10 Å². The van der Waals surface area contributed by atoms with Crippen LogP contribution < -0.4 is 0 Å². The van der Waals surface area contributed by atoms with Crippen molar-refractivity contribution in [1.29, 1.82) is 0 Å². The SMILES string of the molecule is O=C1C[C@@]23SCC=C2[C@](O)(C#C/C=C/C#C[C@@H]3O)[C@@H]1O. The van der Waals surface area contributed by atoms with Gasteiger partial charge in [-0.2, -0.15) is 0 Å². The number of ketones is 1. The summed E-state index contributed by atoms with van der Waals surface area (Å²) in [4.78, 5) is 12.1. The average molecular weight is 288 g/mol. The molecule has 5 heteroatoms. The van der Waals surface area contributed by atoms with Crippen molar-refractivity contribution in [3.63, 3.8) is 0 Å². The van der Waals surface area contributed by atoms with Crippen LogP contribution in [0.15, 0.2) is 23.8 Å². The summed E-state index contributed by atoms with van der Waals surface area (Å²) in [7, 11) is 0. The minimum absolute atomic E-state index is 0.0613. The molecule has 3 N–H and O–H groups in total. The largest absolute Gasteiger partial charge is 0.381 e. The van der Waals surface area contributed by atoms with E-state index in [0.717, 1.165) is 0 Å². The first kappa shape index (κ1) is 13.5. The Kier molecular flexibility index (Phi) is 3.04. The second-order valence-corrected chi connectivity index (χ2v) is 6.27. The molecule has 3 aliphatic rings. The summed E-state index contributed by atoms with van der Waals surface area (Å²) in [5.41, 5.74) is -1.56. The number of carbonyl (C=O) groups is 1. The molecule has 0 radical (unpaired) electrons. The zero-order valence-corrected chi connectivity index (χ0v) is 11.3. The van der Waals surface area contributed by atoms with Crippen LogP contribution in [0, 0.1) is 23.7 Å². The van der Waals surface area contributed by atoms with Gasteiger partial charge in [0.2, 0.25) is 0 Å². The molecule has 1 aliphatic heterocycles. The molecule has 102 valence electrons. The van der Waals surface area contributed by atoms with Crippen LogP contribution in [-0.2, 0) is 4.79 Å². The Morgan fingerprint density at radius 1 is 1.30 bits per heavy atom. The van der Waals surface area contributed by atoms with Gasteiger partial charge < -0.3 is 15.3 Å². The third-order valence-electron chi connectivity index (χ3n) is 3.81. The summed E-state index contributed by atoms with van der Waals surface area (Å²) in [6, 6.07) is 0. The quantitative estimate of drug-likeness (QED) is 0.410. The van der Waals surface area contributed by atoms with E-state index in [1.807, 2.05) is 0 Å². The Bertz CT molecular complexity index is 657. The zero-order valence-electron chi connectivity index (χ0n) is 10.5. The molecular weight excluding hydrogens is 276 g/mol. The lowest BCUT2D eigenvalue weighted by Crippen LogP contribution is -2.61. The lowest BCUT2D eigenvalue weighted by atomic mass is 9.68. The minimum Gasteiger partial charge on any atom is -0.381 e. The normalized spacial score (nSPS) is 43.4. The first-order valence-corrected chi connectivity index (χ1v) is 7.14. The van der Waals surface area contributed by atoms with Gasteiger partial charge in [0.05, 0.1) is 4.75 Å². The highest BCUT2D eigenvalue weighted by Gasteiger charge is 2.61. The molecular formula is C15H12O4S. The Labute approximate surface area is 120 Å².